The van der Waals surface area contributed by atoms with Crippen LogP contribution in [0, 0.1) is 0 Å². The van der Waals surface area contributed by atoms with Crippen molar-refractivity contribution in [3.05, 3.63) is 46.6 Å². The molecule has 0 aliphatic heterocycles. The standard InChI is InChI=1S/C20H24O5/c1-6-25-16(10-7-12(2)3)13-11-17(23-4)18-14(21)8-9-15(22)19(18)20(13)24-5/h7-9,11,16H,6,10H2,1-5H3/t16-/m1/s1. The van der Waals surface area contributed by atoms with Crippen molar-refractivity contribution in [3.8, 4) is 11.5 Å². The molecule has 5 nitrogen and oxygen atoms in total. The van der Waals surface area contributed by atoms with E-state index in [0.29, 0.717) is 30.1 Å². The SMILES string of the molecule is CCO[C@H](CC=C(C)C)c1cc(OC)c2c(c1OC)C(=O)C=CC2=O. The minimum absolute atomic E-state index is 0.242. The number of ether oxygens (including phenoxy) is 3. The van der Waals surface area contributed by atoms with E-state index in [9.17, 15) is 9.59 Å². The molecule has 1 aliphatic carbocycles. The zero-order chi connectivity index (χ0) is 18.6. The van der Waals surface area contributed by atoms with Gasteiger partial charge in [-0.05, 0) is 45.4 Å². The molecular weight excluding hydrogens is 320 g/mol. The summed E-state index contributed by atoms with van der Waals surface area (Å²) in [5.41, 5.74) is 2.36. The normalized spacial score (nSPS) is 14.1. The summed E-state index contributed by atoms with van der Waals surface area (Å²) in [6.07, 6.45) is 4.92. The van der Waals surface area contributed by atoms with E-state index in [4.69, 9.17) is 14.2 Å². The number of hydrogen-bond acceptors (Lipinski definition) is 5. The van der Waals surface area contributed by atoms with Gasteiger partial charge in [-0.1, -0.05) is 11.6 Å². The first-order valence-electron chi connectivity index (χ1n) is 8.25. The highest BCUT2D eigenvalue weighted by molar-refractivity contribution is 6.24. The number of carbonyl (C=O) groups is 2. The third-order valence-corrected chi connectivity index (χ3v) is 4.03. The molecule has 1 aromatic carbocycles. The third kappa shape index (κ3) is 3.82. The summed E-state index contributed by atoms with van der Waals surface area (Å²) in [7, 11) is 2.97. The number of hydrogen-bond donors (Lipinski definition) is 0. The molecule has 2 rings (SSSR count). The summed E-state index contributed by atoms with van der Waals surface area (Å²) in [5.74, 6) is 0.187. The lowest BCUT2D eigenvalue weighted by Crippen LogP contribution is -2.17. The van der Waals surface area contributed by atoms with Gasteiger partial charge in [0.2, 0.25) is 0 Å². The van der Waals surface area contributed by atoms with Gasteiger partial charge in [0.15, 0.2) is 11.6 Å². The number of methoxy groups -OCH3 is 2. The van der Waals surface area contributed by atoms with Crippen molar-refractivity contribution in [1.82, 2.24) is 0 Å². The van der Waals surface area contributed by atoms with E-state index >= 15 is 0 Å². The lowest BCUT2D eigenvalue weighted by Gasteiger charge is -2.24. The first kappa shape index (κ1) is 18.9. The first-order valence-corrected chi connectivity index (χ1v) is 8.25. The first-order chi connectivity index (χ1) is 11.9. The van der Waals surface area contributed by atoms with Gasteiger partial charge in [-0.2, -0.15) is 0 Å². The van der Waals surface area contributed by atoms with Gasteiger partial charge in [0.25, 0.3) is 0 Å². The highest BCUT2D eigenvalue weighted by Gasteiger charge is 2.31. The molecule has 5 heteroatoms. The molecule has 0 amide bonds. The quantitative estimate of drug-likeness (QED) is 0.698. The van der Waals surface area contributed by atoms with Crippen LogP contribution in [0.15, 0.2) is 29.9 Å². The van der Waals surface area contributed by atoms with E-state index in [1.54, 1.807) is 6.07 Å². The Hall–Kier alpha value is -2.40. The predicted octanol–water partition coefficient (Wildman–Crippen LogP) is 4.07. The van der Waals surface area contributed by atoms with Crippen molar-refractivity contribution >= 4 is 11.6 Å². The van der Waals surface area contributed by atoms with Gasteiger partial charge in [-0.25, -0.2) is 0 Å². The second-order valence-electron chi connectivity index (χ2n) is 5.97. The Balaban J connectivity index is 2.69. The average molecular weight is 344 g/mol. The second-order valence-corrected chi connectivity index (χ2v) is 5.97. The van der Waals surface area contributed by atoms with Crippen molar-refractivity contribution in [2.45, 2.75) is 33.3 Å². The zero-order valence-corrected chi connectivity index (χ0v) is 15.3. The van der Waals surface area contributed by atoms with Crippen LogP contribution in [-0.2, 0) is 4.74 Å². The Morgan fingerprint density at radius 3 is 2.24 bits per heavy atom. The molecule has 0 spiro atoms. The smallest absolute Gasteiger partial charge is 0.190 e. The van der Waals surface area contributed by atoms with Crippen LogP contribution in [0.1, 0.15) is 59.6 Å². The van der Waals surface area contributed by atoms with Crippen LogP contribution in [0.4, 0.5) is 0 Å². The number of rotatable bonds is 7. The molecule has 134 valence electrons. The average Bonchev–Trinajstić information content (AvgIpc) is 2.60. The molecule has 0 radical (unpaired) electrons. The fourth-order valence-electron chi connectivity index (χ4n) is 2.91. The zero-order valence-electron chi connectivity index (χ0n) is 15.3. The minimum Gasteiger partial charge on any atom is -0.496 e. The summed E-state index contributed by atoms with van der Waals surface area (Å²) in [6.45, 7) is 6.45. The van der Waals surface area contributed by atoms with E-state index in [0.717, 1.165) is 0 Å². The van der Waals surface area contributed by atoms with Crippen molar-refractivity contribution in [2.24, 2.45) is 0 Å². The van der Waals surface area contributed by atoms with Crippen molar-refractivity contribution in [3.63, 3.8) is 0 Å². The van der Waals surface area contributed by atoms with Crippen LogP contribution >= 0.6 is 0 Å². The number of carbonyl (C=O) groups excluding carboxylic acids is 2. The van der Waals surface area contributed by atoms with E-state index in [1.165, 1.54) is 31.9 Å². The summed E-state index contributed by atoms with van der Waals surface area (Å²) in [6, 6.07) is 1.74. The number of ketones is 2. The number of fused-ring (bicyclic) bond motifs is 1. The number of allylic oxidation sites excluding steroid dienone is 3. The topological polar surface area (TPSA) is 61.8 Å². The summed E-state index contributed by atoms with van der Waals surface area (Å²) in [5, 5.41) is 0. The van der Waals surface area contributed by atoms with Crippen LogP contribution in [-0.4, -0.2) is 32.4 Å². The van der Waals surface area contributed by atoms with Crippen molar-refractivity contribution in [2.75, 3.05) is 20.8 Å². The van der Waals surface area contributed by atoms with Gasteiger partial charge in [0.1, 0.15) is 11.5 Å². The predicted molar refractivity (Wildman–Crippen MR) is 95.8 cm³/mol. The highest BCUT2D eigenvalue weighted by atomic mass is 16.5. The lowest BCUT2D eigenvalue weighted by atomic mass is 9.88. The molecule has 0 fully saturated rings. The molecular formula is C20H24O5. The van der Waals surface area contributed by atoms with Crippen LogP contribution in [0.2, 0.25) is 0 Å². The maximum Gasteiger partial charge on any atom is 0.190 e. The molecule has 0 saturated heterocycles. The van der Waals surface area contributed by atoms with Crippen LogP contribution in [0.5, 0.6) is 11.5 Å². The van der Waals surface area contributed by atoms with Gasteiger partial charge < -0.3 is 14.2 Å². The Bertz CT molecular complexity index is 739. The van der Waals surface area contributed by atoms with E-state index in [-0.39, 0.29) is 28.8 Å². The molecule has 1 aliphatic rings. The van der Waals surface area contributed by atoms with Gasteiger partial charge in [0, 0.05) is 12.2 Å². The fraction of sp³-hybridized carbons (Fsp3) is 0.400. The van der Waals surface area contributed by atoms with Crippen molar-refractivity contribution < 1.29 is 23.8 Å². The highest BCUT2D eigenvalue weighted by Crippen LogP contribution is 2.41. The Labute approximate surface area is 148 Å². The summed E-state index contributed by atoms with van der Waals surface area (Å²) < 4.78 is 16.8. The Kier molecular flexibility index (Phi) is 6.15. The van der Waals surface area contributed by atoms with Gasteiger partial charge >= 0.3 is 0 Å². The monoisotopic (exact) mass is 344 g/mol. The van der Waals surface area contributed by atoms with Gasteiger partial charge in [-0.3, -0.25) is 9.59 Å². The van der Waals surface area contributed by atoms with E-state index in [1.807, 2.05) is 20.8 Å². The molecule has 25 heavy (non-hydrogen) atoms. The molecule has 1 aromatic rings. The van der Waals surface area contributed by atoms with Crippen LogP contribution in [0.25, 0.3) is 0 Å². The fourth-order valence-corrected chi connectivity index (χ4v) is 2.91. The second kappa shape index (κ2) is 8.12. The molecule has 1 atom stereocenters. The summed E-state index contributed by atoms with van der Waals surface area (Å²) in [4.78, 5) is 24.7. The molecule has 0 aromatic heterocycles. The molecule has 0 saturated carbocycles. The number of benzene rings is 1. The minimum atomic E-state index is -0.303. The summed E-state index contributed by atoms with van der Waals surface area (Å²) >= 11 is 0. The maximum absolute atomic E-state index is 12.5. The molecule has 0 unspecified atom stereocenters. The van der Waals surface area contributed by atoms with Crippen LogP contribution in [0.3, 0.4) is 0 Å². The third-order valence-electron chi connectivity index (χ3n) is 4.03. The Morgan fingerprint density at radius 1 is 1.08 bits per heavy atom. The van der Waals surface area contributed by atoms with Crippen molar-refractivity contribution in [1.29, 1.82) is 0 Å². The molecule has 0 heterocycles. The van der Waals surface area contributed by atoms with Gasteiger partial charge in [0.05, 0.1) is 31.5 Å². The molecule has 0 N–H and O–H groups in total. The van der Waals surface area contributed by atoms with E-state index in [2.05, 4.69) is 6.08 Å². The van der Waals surface area contributed by atoms with Crippen LogP contribution < -0.4 is 9.47 Å². The molecule has 0 bridgehead atoms. The van der Waals surface area contributed by atoms with E-state index < -0.39 is 0 Å². The maximum atomic E-state index is 12.5. The lowest BCUT2D eigenvalue weighted by molar-refractivity contribution is 0.0624. The Morgan fingerprint density at radius 2 is 1.72 bits per heavy atom. The largest absolute Gasteiger partial charge is 0.496 e. The van der Waals surface area contributed by atoms with Gasteiger partial charge in [-0.15, -0.1) is 0 Å².